The van der Waals surface area contributed by atoms with Crippen molar-refractivity contribution in [2.45, 2.75) is 32.8 Å². The van der Waals surface area contributed by atoms with Crippen LogP contribution in [0.25, 0.3) is 10.8 Å². The maximum Gasteiger partial charge on any atom is 0.246 e. The second kappa shape index (κ2) is 5.63. The fourth-order valence-corrected chi connectivity index (χ4v) is 2.34. The third-order valence-electron chi connectivity index (χ3n) is 3.79. The summed E-state index contributed by atoms with van der Waals surface area (Å²) in [4.78, 5) is 16.9. The molecule has 0 heterocycles. The van der Waals surface area contributed by atoms with Crippen molar-refractivity contribution in [1.82, 2.24) is 5.48 Å². The lowest BCUT2D eigenvalue weighted by Gasteiger charge is -2.09. The lowest BCUT2D eigenvalue weighted by molar-refractivity contribution is -0.135. The van der Waals surface area contributed by atoms with Crippen molar-refractivity contribution >= 4 is 16.7 Å². The molecule has 104 valence electrons. The molecule has 0 aromatic heterocycles. The van der Waals surface area contributed by atoms with E-state index in [1.807, 2.05) is 12.1 Å². The molecule has 20 heavy (non-hydrogen) atoms. The summed E-state index contributed by atoms with van der Waals surface area (Å²) in [5, 5.41) is 2.41. The molecule has 3 rings (SSSR count). The summed E-state index contributed by atoms with van der Waals surface area (Å²) in [6.45, 7) is 2.55. The fraction of sp³-hybridized carbons (Fsp3) is 0.353. The molecule has 1 aliphatic carbocycles. The van der Waals surface area contributed by atoms with Gasteiger partial charge in [0, 0.05) is 5.92 Å². The minimum Gasteiger partial charge on any atom is -0.273 e. The molecule has 2 aromatic carbocycles. The van der Waals surface area contributed by atoms with Crippen molar-refractivity contribution in [3.8, 4) is 0 Å². The van der Waals surface area contributed by atoms with Crippen LogP contribution in [0, 0.1) is 5.92 Å². The van der Waals surface area contributed by atoms with Crippen LogP contribution < -0.4 is 5.48 Å². The van der Waals surface area contributed by atoms with E-state index < -0.39 is 0 Å². The summed E-state index contributed by atoms with van der Waals surface area (Å²) in [7, 11) is 0. The van der Waals surface area contributed by atoms with Crippen molar-refractivity contribution in [3.63, 3.8) is 0 Å². The molecule has 0 radical (unpaired) electrons. The first-order valence-corrected chi connectivity index (χ1v) is 7.20. The molecular weight excluding hydrogens is 250 g/mol. The molecule has 0 bridgehead atoms. The number of hydroxylamine groups is 1. The first-order chi connectivity index (χ1) is 9.78. The maximum absolute atomic E-state index is 11.5. The summed E-state index contributed by atoms with van der Waals surface area (Å²) in [5.74, 6) is 0.189. The minimum absolute atomic E-state index is 0.0134. The van der Waals surface area contributed by atoms with E-state index in [0.29, 0.717) is 6.61 Å². The summed E-state index contributed by atoms with van der Waals surface area (Å²) < 4.78 is 0. The highest BCUT2D eigenvalue weighted by Crippen LogP contribution is 2.28. The minimum atomic E-state index is 0.0134. The van der Waals surface area contributed by atoms with Crippen molar-refractivity contribution < 1.29 is 9.63 Å². The number of carbonyl (C=O) groups excluding carboxylic acids is 1. The smallest absolute Gasteiger partial charge is 0.246 e. The van der Waals surface area contributed by atoms with E-state index in [1.165, 1.54) is 16.3 Å². The van der Waals surface area contributed by atoms with Crippen LogP contribution >= 0.6 is 0 Å². The van der Waals surface area contributed by atoms with Crippen molar-refractivity contribution in [2.75, 3.05) is 0 Å². The zero-order valence-corrected chi connectivity index (χ0v) is 11.7. The Hall–Kier alpha value is -1.87. The number of fused-ring (bicyclic) bond motifs is 1. The van der Waals surface area contributed by atoms with Gasteiger partial charge in [-0.15, -0.1) is 0 Å². The van der Waals surface area contributed by atoms with Gasteiger partial charge in [0.05, 0.1) is 0 Å². The average Bonchev–Trinajstić information content (AvgIpc) is 3.31. The van der Waals surface area contributed by atoms with E-state index in [-0.39, 0.29) is 11.8 Å². The van der Waals surface area contributed by atoms with Gasteiger partial charge in [-0.2, -0.15) is 0 Å². The molecule has 0 unspecified atom stereocenters. The van der Waals surface area contributed by atoms with Crippen LogP contribution in [0.5, 0.6) is 0 Å². The maximum atomic E-state index is 11.5. The van der Waals surface area contributed by atoms with Crippen LogP contribution in [0.1, 0.15) is 30.9 Å². The highest BCUT2D eigenvalue weighted by molar-refractivity contribution is 5.86. The van der Waals surface area contributed by atoms with Gasteiger partial charge < -0.3 is 0 Å². The highest BCUT2D eigenvalue weighted by Gasteiger charge is 2.29. The Kier molecular flexibility index (Phi) is 3.70. The number of rotatable bonds is 5. The molecule has 0 aliphatic heterocycles. The van der Waals surface area contributed by atoms with Gasteiger partial charge in [0.1, 0.15) is 6.61 Å². The molecule has 0 atom stereocenters. The van der Waals surface area contributed by atoms with Gasteiger partial charge >= 0.3 is 0 Å². The van der Waals surface area contributed by atoms with Crippen molar-refractivity contribution in [3.05, 3.63) is 47.5 Å². The number of carbonyl (C=O) groups is 1. The number of hydrogen-bond donors (Lipinski definition) is 1. The molecule has 3 heteroatoms. The molecule has 3 nitrogen and oxygen atoms in total. The molecule has 1 saturated carbocycles. The molecule has 0 spiro atoms. The lowest BCUT2D eigenvalue weighted by Crippen LogP contribution is -2.24. The molecular formula is C17H19NO2. The molecule has 1 N–H and O–H groups in total. The standard InChI is InChI=1S/C17H19NO2/c1-2-12-6-7-13-4-3-5-15(16(13)10-12)11-20-18-17(19)14-8-9-14/h3-7,10,14H,2,8-9,11H2,1H3,(H,18,19). The van der Waals surface area contributed by atoms with E-state index in [9.17, 15) is 4.79 Å². The largest absolute Gasteiger partial charge is 0.273 e. The molecule has 1 amide bonds. The number of nitrogens with one attached hydrogen (secondary N) is 1. The summed E-state index contributed by atoms with van der Waals surface area (Å²) in [6, 6.07) is 12.7. The first-order valence-electron chi connectivity index (χ1n) is 7.20. The number of amides is 1. The Morgan fingerprint density at radius 2 is 2.15 bits per heavy atom. The number of benzene rings is 2. The monoisotopic (exact) mass is 269 g/mol. The van der Waals surface area contributed by atoms with Crippen LogP contribution in [-0.4, -0.2) is 5.91 Å². The Bertz CT molecular complexity index is 632. The van der Waals surface area contributed by atoms with Crippen LogP contribution in [-0.2, 0) is 22.7 Å². The first kappa shape index (κ1) is 13.1. The SMILES string of the molecule is CCc1ccc2cccc(CONC(=O)C3CC3)c2c1. The Labute approximate surface area is 118 Å². The van der Waals surface area contributed by atoms with Gasteiger partial charge in [-0.3, -0.25) is 9.63 Å². The van der Waals surface area contributed by atoms with Gasteiger partial charge in [-0.05, 0) is 41.2 Å². The van der Waals surface area contributed by atoms with Gasteiger partial charge in [-0.25, -0.2) is 5.48 Å². The summed E-state index contributed by atoms with van der Waals surface area (Å²) in [5.41, 5.74) is 4.96. The topological polar surface area (TPSA) is 38.3 Å². The van der Waals surface area contributed by atoms with E-state index in [2.05, 4.69) is 36.7 Å². The number of aryl methyl sites for hydroxylation is 1. The second-order valence-corrected chi connectivity index (χ2v) is 5.36. The molecule has 0 saturated heterocycles. The van der Waals surface area contributed by atoms with E-state index in [1.54, 1.807) is 0 Å². The predicted molar refractivity (Wildman–Crippen MR) is 79.0 cm³/mol. The Morgan fingerprint density at radius 3 is 2.90 bits per heavy atom. The number of hydrogen-bond acceptors (Lipinski definition) is 2. The van der Waals surface area contributed by atoms with Crippen molar-refractivity contribution in [2.24, 2.45) is 5.92 Å². The lowest BCUT2D eigenvalue weighted by atomic mass is 10.0. The van der Waals surface area contributed by atoms with Crippen LogP contribution in [0.15, 0.2) is 36.4 Å². The molecule has 1 fully saturated rings. The van der Waals surface area contributed by atoms with Gasteiger partial charge in [0.25, 0.3) is 0 Å². The second-order valence-electron chi connectivity index (χ2n) is 5.36. The predicted octanol–water partition coefficient (Wildman–Crippen LogP) is 3.36. The van der Waals surface area contributed by atoms with Gasteiger partial charge in [-0.1, -0.05) is 43.3 Å². The van der Waals surface area contributed by atoms with E-state index >= 15 is 0 Å². The fourth-order valence-electron chi connectivity index (χ4n) is 2.34. The van der Waals surface area contributed by atoms with E-state index in [4.69, 9.17) is 4.84 Å². The average molecular weight is 269 g/mol. The van der Waals surface area contributed by atoms with Gasteiger partial charge in [0.2, 0.25) is 5.91 Å². The highest BCUT2D eigenvalue weighted by atomic mass is 16.6. The summed E-state index contributed by atoms with van der Waals surface area (Å²) in [6.07, 6.45) is 3.00. The molecule has 2 aromatic rings. The quantitative estimate of drug-likeness (QED) is 0.845. The third-order valence-corrected chi connectivity index (χ3v) is 3.79. The zero-order chi connectivity index (χ0) is 13.9. The summed E-state index contributed by atoms with van der Waals surface area (Å²) >= 11 is 0. The van der Waals surface area contributed by atoms with Crippen molar-refractivity contribution in [1.29, 1.82) is 0 Å². The van der Waals surface area contributed by atoms with E-state index in [0.717, 1.165) is 24.8 Å². The Morgan fingerprint density at radius 1 is 1.30 bits per heavy atom. The molecule has 1 aliphatic rings. The van der Waals surface area contributed by atoms with Crippen LogP contribution in [0.3, 0.4) is 0 Å². The third kappa shape index (κ3) is 2.83. The normalized spacial score (nSPS) is 14.4. The van der Waals surface area contributed by atoms with Crippen LogP contribution in [0.2, 0.25) is 0 Å². The Balaban J connectivity index is 1.74. The van der Waals surface area contributed by atoms with Gasteiger partial charge in [0.15, 0.2) is 0 Å². The zero-order valence-electron chi connectivity index (χ0n) is 11.7. The van der Waals surface area contributed by atoms with Crippen LogP contribution in [0.4, 0.5) is 0 Å².